The quantitative estimate of drug-likeness (QED) is 0.520. The van der Waals surface area contributed by atoms with E-state index >= 15 is 0 Å². The maximum absolute atomic E-state index is 13.4. The molecule has 2 fully saturated rings. The van der Waals surface area contributed by atoms with Gasteiger partial charge < -0.3 is 15.9 Å². The van der Waals surface area contributed by atoms with Gasteiger partial charge in [0.15, 0.2) is 17.4 Å². The van der Waals surface area contributed by atoms with Crippen LogP contribution < -0.4 is 5.73 Å². The molecule has 2 aromatic rings. The Balaban J connectivity index is 1.91. The first-order valence-corrected chi connectivity index (χ1v) is 13.0. The van der Waals surface area contributed by atoms with Crippen LogP contribution in [0.5, 0.6) is 0 Å². The number of nitrogens with two attached hydrogens (primary N) is 1. The largest absolute Gasteiger partial charge is 0.479 e. The monoisotopic (exact) mass is 523 g/mol. The third-order valence-corrected chi connectivity index (χ3v) is 7.76. The number of hydrazine groups is 1. The zero-order chi connectivity index (χ0) is 26.9. The average molecular weight is 524 g/mol. The average Bonchev–Trinajstić information content (AvgIpc) is 2.95. The number of carbonyl (C=O) groups is 2. The summed E-state index contributed by atoms with van der Waals surface area (Å²) in [5.41, 5.74) is 4.39. The smallest absolute Gasteiger partial charge is 0.411 e. The van der Waals surface area contributed by atoms with Crippen LogP contribution in [0.25, 0.3) is 5.70 Å². The highest BCUT2D eigenvalue weighted by Gasteiger charge is 2.68. The van der Waals surface area contributed by atoms with E-state index in [0.717, 1.165) is 43.4 Å². The summed E-state index contributed by atoms with van der Waals surface area (Å²) in [5, 5.41) is 25.7. The molecule has 5 rings (SSSR count). The van der Waals surface area contributed by atoms with Crippen molar-refractivity contribution in [2.75, 3.05) is 26.2 Å². The molecule has 13 heteroatoms. The van der Waals surface area contributed by atoms with Crippen molar-refractivity contribution in [3.63, 3.8) is 0 Å². The second-order valence-electron chi connectivity index (χ2n) is 9.89. The van der Waals surface area contributed by atoms with Gasteiger partial charge >= 0.3 is 12.1 Å². The van der Waals surface area contributed by atoms with Crippen LogP contribution in [0.1, 0.15) is 57.1 Å². The van der Waals surface area contributed by atoms with Gasteiger partial charge in [-0.25, -0.2) is 39.4 Å². The fraction of sp³-hybridized carbons (Fsp3) is 0.520. The van der Waals surface area contributed by atoms with Crippen LogP contribution in [0.15, 0.2) is 42.6 Å². The summed E-state index contributed by atoms with van der Waals surface area (Å²) < 4.78 is 0. The van der Waals surface area contributed by atoms with Crippen LogP contribution in [0.2, 0.25) is 0 Å². The Bertz CT molecular complexity index is 1200. The molecule has 0 radical (unpaired) electrons. The van der Waals surface area contributed by atoms with Crippen molar-refractivity contribution in [1.29, 1.82) is 0 Å². The SMILES string of the molecule is CC1(N2CCCCC2)N(N2CCCCC2)C(c2ncccn2)=C(N)C(C(=O)O)(c2ncccn2)N1C(=O)O. The molecular weight excluding hydrogens is 490 g/mol. The summed E-state index contributed by atoms with van der Waals surface area (Å²) in [6, 6.07) is 3.20. The van der Waals surface area contributed by atoms with Gasteiger partial charge in [0, 0.05) is 51.0 Å². The molecule has 2 aromatic heterocycles. The zero-order valence-electron chi connectivity index (χ0n) is 21.4. The topological polar surface area (TPSA) is 165 Å². The predicted molar refractivity (Wildman–Crippen MR) is 135 cm³/mol. The molecular formula is C25H33N9O4. The number of hydrogen-bond acceptors (Lipinski definition) is 10. The van der Waals surface area contributed by atoms with Gasteiger partial charge in [-0.2, -0.15) is 0 Å². The lowest BCUT2D eigenvalue weighted by Gasteiger charge is -2.63. The van der Waals surface area contributed by atoms with Crippen molar-refractivity contribution >= 4 is 17.8 Å². The van der Waals surface area contributed by atoms with Crippen LogP contribution in [0.4, 0.5) is 4.79 Å². The molecule has 0 bridgehead atoms. The van der Waals surface area contributed by atoms with Gasteiger partial charge in [0.1, 0.15) is 5.70 Å². The Labute approximate surface area is 220 Å². The Morgan fingerprint density at radius 2 is 1.37 bits per heavy atom. The summed E-state index contributed by atoms with van der Waals surface area (Å²) in [6.45, 7) is 4.17. The van der Waals surface area contributed by atoms with Crippen molar-refractivity contribution in [2.24, 2.45) is 5.73 Å². The number of amides is 1. The van der Waals surface area contributed by atoms with Gasteiger partial charge in [0.05, 0.1) is 5.70 Å². The first-order chi connectivity index (χ1) is 18.3. The van der Waals surface area contributed by atoms with Crippen LogP contribution in [-0.4, -0.2) is 94.0 Å². The summed E-state index contributed by atoms with van der Waals surface area (Å²) in [6.07, 6.45) is 9.95. The number of piperidine rings is 2. The van der Waals surface area contributed by atoms with Crippen molar-refractivity contribution in [1.82, 2.24) is 39.8 Å². The van der Waals surface area contributed by atoms with E-state index in [4.69, 9.17) is 5.73 Å². The molecule has 5 heterocycles. The molecule has 4 N–H and O–H groups in total. The first-order valence-electron chi connectivity index (χ1n) is 13.0. The molecule has 38 heavy (non-hydrogen) atoms. The van der Waals surface area contributed by atoms with Crippen LogP contribution in [-0.2, 0) is 10.3 Å². The number of carboxylic acid groups (broad SMARTS) is 2. The summed E-state index contributed by atoms with van der Waals surface area (Å²) in [4.78, 5) is 47.2. The molecule has 3 aliphatic rings. The summed E-state index contributed by atoms with van der Waals surface area (Å²) >= 11 is 0. The van der Waals surface area contributed by atoms with Crippen LogP contribution in [0, 0.1) is 0 Å². The molecule has 2 unspecified atom stereocenters. The third kappa shape index (κ3) is 3.84. The number of rotatable bonds is 5. The van der Waals surface area contributed by atoms with E-state index in [0.29, 0.717) is 26.2 Å². The fourth-order valence-corrected chi connectivity index (χ4v) is 6.08. The normalized spacial score (nSPS) is 27.4. The van der Waals surface area contributed by atoms with Crippen molar-refractivity contribution in [3.05, 3.63) is 54.3 Å². The second-order valence-corrected chi connectivity index (χ2v) is 9.89. The Morgan fingerprint density at radius 3 is 1.89 bits per heavy atom. The Morgan fingerprint density at radius 1 is 0.842 bits per heavy atom. The molecule has 3 aliphatic heterocycles. The highest BCUT2D eigenvalue weighted by atomic mass is 16.4. The van der Waals surface area contributed by atoms with E-state index in [1.807, 2.05) is 9.91 Å². The van der Waals surface area contributed by atoms with Gasteiger partial charge in [-0.15, -0.1) is 0 Å². The van der Waals surface area contributed by atoms with E-state index in [1.54, 1.807) is 25.4 Å². The maximum atomic E-state index is 13.4. The molecule has 0 aromatic carbocycles. The lowest BCUT2D eigenvalue weighted by atomic mass is 9.84. The van der Waals surface area contributed by atoms with Crippen molar-refractivity contribution in [3.8, 4) is 0 Å². The number of hydrogen-bond donors (Lipinski definition) is 3. The van der Waals surface area contributed by atoms with E-state index in [1.165, 1.54) is 18.5 Å². The number of nitrogens with zero attached hydrogens (tertiary/aromatic N) is 8. The van der Waals surface area contributed by atoms with E-state index in [2.05, 4.69) is 24.9 Å². The van der Waals surface area contributed by atoms with Gasteiger partial charge in [-0.05, 0) is 44.7 Å². The maximum Gasteiger partial charge on any atom is 0.411 e. The predicted octanol–water partition coefficient (Wildman–Crippen LogP) is 1.73. The van der Waals surface area contributed by atoms with Crippen molar-refractivity contribution < 1.29 is 19.8 Å². The van der Waals surface area contributed by atoms with Gasteiger partial charge in [-0.3, -0.25) is 9.91 Å². The van der Waals surface area contributed by atoms with Crippen LogP contribution >= 0.6 is 0 Å². The number of aliphatic carboxylic acids is 1. The summed E-state index contributed by atoms with van der Waals surface area (Å²) in [7, 11) is 0. The molecule has 0 aliphatic carbocycles. The Kier molecular flexibility index (Phi) is 6.88. The molecule has 13 nitrogen and oxygen atoms in total. The fourth-order valence-electron chi connectivity index (χ4n) is 6.08. The lowest BCUT2D eigenvalue weighted by Crippen LogP contribution is -2.81. The van der Waals surface area contributed by atoms with Crippen molar-refractivity contribution in [2.45, 2.75) is 56.8 Å². The lowest BCUT2D eigenvalue weighted by molar-refractivity contribution is -0.238. The number of aromatic nitrogens is 4. The van der Waals surface area contributed by atoms with Crippen LogP contribution in [0.3, 0.4) is 0 Å². The second kappa shape index (κ2) is 10.1. The van der Waals surface area contributed by atoms with E-state index < -0.39 is 23.4 Å². The number of carboxylic acids is 1. The molecule has 2 atom stereocenters. The zero-order valence-corrected chi connectivity index (χ0v) is 21.4. The third-order valence-electron chi connectivity index (χ3n) is 7.76. The van der Waals surface area contributed by atoms with Gasteiger partial charge in [-0.1, -0.05) is 12.8 Å². The van der Waals surface area contributed by atoms with E-state index in [9.17, 15) is 19.8 Å². The summed E-state index contributed by atoms with van der Waals surface area (Å²) in [5.74, 6) is -3.06. The minimum absolute atomic E-state index is 0.199. The van der Waals surface area contributed by atoms with Gasteiger partial charge in [0.2, 0.25) is 5.54 Å². The first kappa shape index (κ1) is 25.8. The highest BCUT2D eigenvalue weighted by molar-refractivity contribution is 5.92. The standard InChI is InChI=1S/C25H33N9O4/c1-24(31-14-4-2-5-15-31)33(23(37)38)25(22(35)36,21-29-12-9-13-30-21)19(26)18(20-27-10-8-11-28-20)34(24)32-16-6-3-7-17-32/h8-13H,2-7,14-17,26H2,1H3,(H,35,36)(H,37,38). The minimum atomic E-state index is -2.44. The Hall–Kier alpha value is -3.84. The van der Waals surface area contributed by atoms with E-state index in [-0.39, 0.29) is 23.0 Å². The molecule has 1 amide bonds. The molecule has 0 spiro atoms. The number of likely N-dealkylation sites (tertiary alicyclic amines) is 1. The van der Waals surface area contributed by atoms with Gasteiger partial charge in [0.25, 0.3) is 0 Å². The molecule has 2 saturated heterocycles. The molecule has 202 valence electrons. The molecule has 0 saturated carbocycles. The minimum Gasteiger partial charge on any atom is -0.479 e. The highest BCUT2D eigenvalue weighted by Crippen LogP contribution is 2.50.